The van der Waals surface area contributed by atoms with Crippen LogP contribution in [0.5, 0.6) is 11.5 Å². The van der Waals surface area contributed by atoms with Gasteiger partial charge in [-0.05, 0) is 30.7 Å². The summed E-state index contributed by atoms with van der Waals surface area (Å²) < 4.78 is 5.78. The molecule has 2 N–H and O–H groups in total. The quantitative estimate of drug-likeness (QED) is 0.746. The molecular weight excluding hydrogens is 238 g/mol. The maximum absolute atomic E-state index is 9.73. The number of aromatic amines is 1. The van der Waals surface area contributed by atoms with Gasteiger partial charge in [0.15, 0.2) is 0 Å². The number of phenols is 1. The molecule has 0 unspecified atom stereocenters. The third kappa shape index (κ3) is 2.27. The SMILES string of the molecule is Cc1cccc(OCc2c[nH]c3c(O)cccc23)c1. The van der Waals surface area contributed by atoms with Crippen molar-refractivity contribution in [3.63, 3.8) is 0 Å². The first kappa shape index (κ1) is 11.7. The summed E-state index contributed by atoms with van der Waals surface area (Å²) in [7, 11) is 0. The van der Waals surface area contributed by atoms with E-state index in [2.05, 4.69) is 4.98 Å². The molecule has 96 valence electrons. The van der Waals surface area contributed by atoms with Crippen molar-refractivity contribution >= 4 is 10.9 Å². The molecule has 0 spiro atoms. The van der Waals surface area contributed by atoms with E-state index < -0.39 is 0 Å². The Balaban J connectivity index is 1.84. The molecule has 0 saturated carbocycles. The second kappa shape index (κ2) is 4.69. The van der Waals surface area contributed by atoms with Gasteiger partial charge < -0.3 is 14.8 Å². The van der Waals surface area contributed by atoms with Crippen LogP contribution in [0.3, 0.4) is 0 Å². The predicted molar refractivity (Wildman–Crippen MR) is 75.5 cm³/mol. The molecule has 0 aliphatic rings. The Labute approximate surface area is 111 Å². The number of hydrogen-bond acceptors (Lipinski definition) is 2. The zero-order valence-corrected chi connectivity index (χ0v) is 10.7. The van der Waals surface area contributed by atoms with Crippen LogP contribution in [-0.4, -0.2) is 10.1 Å². The molecule has 3 heteroatoms. The lowest BCUT2D eigenvalue weighted by Crippen LogP contribution is -1.94. The summed E-state index contributed by atoms with van der Waals surface area (Å²) in [5, 5.41) is 10.7. The van der Waals surface area contributed by atoms with Gasteiger partial charge in [-0.3, -0.25) is 0 Å². The van der Waals surface area contributed by atoms with Gasteiger partial charge in [0.05, 0.1) is 5.52 Å². The van der Waals surface area contributed by atoms with Gasteiger partial charge in [-0.1, -0.05) is 24.3 Å². The van der Waals surface area contributed by atoms with Gasteiger partial charge in [-0.25, -0.2) is 0 Å². The second-order valence-corrected chi connectivity index (χ2v) is 4.62. The van der Waals surface area contributed by atoms with Crippen LogP contribution in [0.2, 0.25) is 0 Å². The molecule has 3 aromatic rings. The number of fused-ring (bicyclic) bond motifs is 1. The Kier molecular flexibility index (Phi) is 2.88. The molecule has 0 saturated heterocycles. The standard InChI is InChI=1S/C16H15NO2/c1-11-4-2-5-13(8-11)19-10-12-9-17-16-14(12)6-3-7-15(16)18/h2-9,17-18H,10H2,1H3. The van der Waals surface area contributed by atoms with E-state index >= 15 is 0 Å². The molecule has 3 nitrogen and oxygen atoms in total. The van der Waals surface area contributed by atoms with Crippen molar-refractivity contribution in [2.45, 2.75) is 13.5 Å². The first-order valence-electron chi connectivity index (χ1n) is 6.21. The summed E-state index contributed by atoms with van der Waals surface area (Å²) >= 11 is 0. The van der Waals surface area contributed by atoms with E-state index in [1.54, 1.807) is 6.07 Å². The highest BCUT2D eigenvalue weighted by molar-refractivity contribution is 5.87. The van der Waals surface area contributed by atoms with Crippen molar-refractivity contribution in [2.75, 3.05) is 0 Å². The lowest BCUT2D eigenvalue weighted by atomic mass is 10.2. The van der Waals surface area contributed by atoms with Crippen LogP contribution in [0.1, 0.15) is 11.1 Å². The fourth-order valence-electron chi connectivity index (χ4n) is 2.18. The van der Waals surface area contributed by atoms with Gasteiger partial charge in [0.1, 0.15) is 18.1 Å². The molecule has 0 atom stereocenters. The average molecular weight is 253 g/mol. The molecule has 1 aromatic heterocycles. The Morgan fingerprint density at radius 3 is 2.84 bits per heavy atom. The minimum absolute atomic E-state index is 0.263. The molecule has 0 aliphatic heterocycles. The highest BCUT2D eigenvalue weighted by Crippen LogP contribution is 2.26. The molecular formula is C16H15NO2. The summed E-state index contributed by atoms with van der Waals surface area (Å²) in [5.41, 5.74) is 2.96. The normalized spacial score (nSPS) is 10.8. The maximum Gasteiger partial charge on any atom is 0.139 e. The second-order valence-electron chi connectivity index (χ2n) is 4.62. The van der Waals surface area contributed by atoms with Crippen molar-refractivity contribution in [1.82, 2.24) is 4.98 Å². The van der Waals surface area contributed by atoms with E-state index in [1.807, 2.05) is 49.5 Å². The van der Waals surface area contributed by atoms with Crippen LogP contribution in [-0.2, 0) is 6.61 Å². The number of nitrogens with one attached hydrogen (secondary N) is 1. The molecule has 1 heterocycles. The number of hydrogen-bond donors (Lipinski definition) is 2. The number of benzene rings is 2. The third-order valence-corrected chi connectivity index (χ3v) is 3.16. The van der Waals surface area contributed by atoms with Crippen LogP contribution in [0, 0.1) is 6.92 Å². The molecule has 3 rings (SSSR count). The summed E-state index contributed by atoms with van der Waals surface area (Å²) in [6.07, 6.45) is 1.88. The van der Waals surface area contributed by atoms with Crippen LogP contribution in [0.15, 0.2) is 48.7 Å². The van der Waals surface area contributed by atoms with Gasteiger partial charge in [0.25, 0.3) is 0 Å². The van der Waals surface area contributed by atoms with Crippen LogP contribution in [0.4, 0.5) is 0 Å². The van der Waals surface area contributed by atoms with E-state index in [4.69, 9.17) is 4.74 Å². The van der Waals surface area contributed by atoms with Gasteiger partial charge in [-0.2, -0.15) is 0 Å². The predicted octanol–water partition coefficient (Wildman–Crippen LogP) is 3.76. The number of para-hydroxylation sites is 1. The molecule has 19 heavy (non-hydrogen) atoms. The average Bonchev–Trinajstić information content (AvgIpc) is 2.81. The summed E-state index contributed by atoms with van der Waals surface area (Å²) in [5.74, 6) is 1.12. The maximum atomic E-state index is 9.73. The van der Waals surface area contributed by atoms with Gasteiger partial charge in [-0.15, -0.1) is 0 Å². The first-order chi connectivity index (χ1) is 9.24. The number of rotatable bonds is 3. The highest BCUT2D eigenvalue weighted by Gasteiger charge is 2.07. The van der Waals surface area contributed by atoms with Crippen LogP contribution >= 0.6 is 0 Å². The van der Waals surface area contributed by atoms with Gasteiger partial charge >= 0.3 is 0 Å². The van der Waals surface area contributed by atoms with E-state index in [-0.39, 0.29) is 5.75 Å². The molecule has 0 amide bonds. The number of aromatic nitrogens is 1. The Morgan fingerprint density at radius 1 is 1.16 bits per heavy atom. The fourth-order valence-corrected chi connectivity index (χ4v) is 2.18. The largest absolute Gasteiger partial charge is 0.506 e. The van der Waals surface area contributed by atoms with E-state index in [9.17, 15) is 5.11 Å². The van der Waals surface area contributed by atoms with Crippen molar-refractivity contribution < 1.29 is 9.84 Å². The van der Waals surface area contributed by atoms with Gasteiger partial charge in [0.2, 0.25) is 0 Å². The van der Waals surface area contributed by atoms with E-state index in [0.717, 1.165) is 22.2 Å². The molecule has 0 fully saturated rings. The monoisotopic (exact) mass is 253 g/mol. The van der Waals surface area contributed by atoms with E-state index in [0.29, 0.717) is 6.61 Å². The Bertz CT molecular complexity index is 716. The minimum Gasteiger partial charge on any atom is -0.506 e. The third-order valence-electron chi connectivity index (χ3n) is 3.16. The summed E-state index contributed by atoms with van der Waals surface area (Å²) in [6.45, 7) is 2.52. The molecule has 0 bridgehead atoms. The highest BCUT2D eigenvalue weighted by atomic mass is 16.5. The molecule has 0 aliphatic carbocycles. The lowest BCUT2D eigenvalue weighted by Gasteiger charge is -2.06. The fraction of sp³-hybridized carbons (Fsp3) is 0.125. The number of ether oxygens (including phenoxy) is 1. The smallest absolute Gasteiger partial charge is 0.139 e. The number of aryl methyl sites for hydroxylation is 1. The summed E-state index contributed by atoms with van der Waals surface area (Å²) in [4.78, 5) is 3.07. The molecule has 2 aromatic carbocycles. The zero-order chi connectivity index (χ0) is 13.2. The van der Waals surface area contributed by atoms with Crippen molar-refractivity contribution in [3.05, 3.63) is 59.8 Å². The Morgan fingerprint density at radius 2 is 2.00 bits per heavy atom. The topological polar surface area (TPSA) is 45.2 Å². The number of aromatic hydroxyl groups is 1. The first-order valence-corrected chi connectivity index (χ1v) is 6.21. The van der Waals surface area contributed by atoms with Crippen molar-refractivity contribution in [2.24, 2.45) is 0 Å². The van der Waals surface area contributed by atoms with Crippen LogP contribution in [0.25, 0.3) is 10.9 Å². The van der Waals surface area contributed by atoms with Crippen LogP contribution < -0.4 is 4.74 Å². The summed E-state index contributed by atoms with van der Waals surface area (Å²) in [6, 6.07) is 13.4. The van der Waals surface area contributed by atoms with E-state index in [1.165, 1.54) is 5.56 Å². The molecule has 0 radical (unpaired) electrons. The zero-order valence-electron chi connectivity index (χ0n) is 10.7. The van der Waals surface area contributed by atoms with Crippen molar-refractivity contribution in [3.8, 4) is 11.5 Å². The number of H-pyrrole nitrogens is 1. The van der Waals surface area contributed by atoms with Gasteiger partial charge in [0, 0.05) is 17.1 Å². The Hall–Kier alpha value is -2.42. The number of phenolic OH excluding ortho intramolecular Hbond substituents is 1. The lowest BCUT2D eigenvalue weighted by molar-refractivity contribution is 0.307. The van der Waals surface area contributed by atoms with Crippen molar-refractivity contribution in [1.29, 1.82) is 0 Å². The minimum atomic E-state index is 0.263.